The SMILES string of the molecule is CC1CN(C)CCCN1C(=O)c1ccc(CN)cc1. The highest BCUT2D eigenvalue weighted by atomic mass is 16.2. The lowest BCUT2D eigenvalue weighted by molar-refractivity contribution is 0.0696. The molecule has 1 unspecified atom stereocenters. The molecule has 1 aliphatic heterocycles. The van der Waals surface area contributed by atoms with Gasteiger partial charge < -0.3 is 15.5 Å². The predicted molar refractivity (Wildman–Crippen MR) is 76.9 cm³/mol. The maximum Gasteiger partial charge on any atom is 0.254 e. The fourth-order valence-electron chi connectivity index (χ4n) is 2.62. The van der Waals surface area contributed by atoms with Crippen LogP contribution in [-0.4, -0.2) is 48.4 Å². The number of hydrogen-bond acceptors (Lipinski definition) is 3. The van der Waals surface area contributed by atoms with Crippen LogP contribution in [0, 0.1) is 0 Å². The predicted octanol–water partition coefficient (Wildman–Crippen LogP) is 1.31. The number of nitrogens with two attached hydrogens (primary N) is 1. The van der Waals surface area contributed by atoms with Crippen LogP contribution in [0.15, 0.2) is 24.3 Å². The van der Waals surface area contributed by atoms with Crippen molar-refractivity contribution in [2.24, 2.45) is 5.73 Å². The Balaban J connectivity index is 2.12. The fourth-order valence-corrected chi connectivity index (χ4v) is 2.62. The smallest absolute Gasteiger partial charge is 0.254 e. The molecule has 19 heavy (non-hydrogen) atoms. The molecule has 4 nitrogen and oxygen atoms in total. The summed E-state index contributed by atoms with van der Waals surface area (Å²) in [6.45, 7) is 5.46. The second kappa shape index (κ2) is 6.17. The zero-order chi connectivity index (χ0) is 13.8. The quantitative estimate of drug-likeness (QED) is 0.873. The van der Waals surface area contributed by atoms with Crippen molar-refractivity contribution in [2.45, 2.75) is 25.9 Å². The van der Waals surface area contributed by atoms with Crippen molar-refractivity contribution in [1.82, 2.24) is 9.80 Å². The van der Waals surface area contributed by atoms with E-state index < -0.39 is 0 Å². The number of benzene rings is 1. The Morgan fingerprint density at radius 2 is 2.00 bits per heavy atom. The van der Waals surface area contributed by atoms with Gasteiger partial charge in [-0.1, -0.05) is 12.1 Å². The van der Waals surface area contributed by atoms with Crippen LogP contribution < -0.4 is 5.73 Å². The molecule has 0 radical (unpaired) electrons. The van der Waals surface area contributed by atoms with Gasteiger partial charge in [-0.15, -0.1) is 0 Å². The average molecular weight is 261 g/mol. The number of nitrogens with zero attached hydrogens (tertiary/aromatic N) is 2. The number of amides is 1. The van der Waals surface area contributed by atoms with Crippen molar-refractivity contribution in [2.75, 3.05) is 26.7 Å². The van der Waals surface area contributed by atoms with Crippen LogP contribution in [0.1, 0.15) is 29.3 Å². The van der Waals surface area contributed by atoms with Crippen molar-refractivity contribution in [3.05, 3.63) is 35.4 Å². The first-order chi connectivity index (χ1) is 9.11. The molecule has 1 heterocycles. The molecule has 1 fully saturated rings. The van der Waals surface area contributed by atoms with Gasteiger partial charge in [0.25, 0.3) is 5.91 Å². The number of rotatable bonds is 2. The third-order valence-electron chi connectivity index (χ3n) is 3.74. The van der Waals surface area contributed by atoms with Gasteiger partial charge in [0.05, 0.1) is 0 Å². The number of hydrogen-bond donors (Lipinski definition) is 1. The minimum absolute atomic E-state index is 0.131. The van der Waals surface area contributed by atoms with E-state index in [2.05, 4.69) is 18.9 Å². The molecule has 104 valence electrons. The third-order valence-corrected chi connectivity index (χ3v) is 3.74. The van der Waals surface area contributed by atoms with Gasteiger partial charge in [-0.2, -0.15) is 0 Å². The molecule has 2 N–H and O–H groups in total. The Hall–Kier alpha value is -1.39. The Labute approximate surface area is 115 Å². The zero-order valence-electron chi connectivity index (χ0n) is 11.8. The van der Waals surface area contributed by atoms with Gasteiger partial charge in [-0.05, 0) is 44.6 Å². The first-order valence-electron chi connectivity index (χ1n) is 6.90. The normalized spacial score (nSPS) is 21.2. The van der Waals surface area contributed by atoms with Gasteiger partial charge in [-0.3, -0.25) is 4.79 Å². The van der Waals surface area contributed by atoms with Crippen LogP contribution in [0.4, 0.5) is 0 Å². The van der Waals surface area contributed by atoms with Crippen molar-refractivity contribution < 1.29 is 4.79 Å². The monoisotopic (exact) mass is 261 g/mol. The van der Waals surface area contributed by atoms with E-state index in [1.165, 1.54) is 0 Å². The number of carbonyl (C=O) groups is 1. The van der Waals surface area contributed by atoms with Gasteiger partial charge in [-0.25, -0.2) is 0 Å². The van der Waals surface area contributed by atoms with E-state index >= 15 is 0 Å². The highest BCUT2D eigenvalue weighted by Gasteiger charge is 2.24. The molecule has 2 rings (SSSR count). The molecule has 0 aromatic heterocycles. The molecule has 1 saturated heterocycles. The van der Waals surface area contributed by atoms with Crippen molar-refractivity contribution in [3.8, 4) is 0 Å². The summed E-state index contributed by atoms with van der Waals surface area (Å²) in [5, 5.41) is 0. The fraction of sp³-hybridized carbons (Fsp3) is 0.533. The van der Waals surface area contributed by atoms with Crippen LogP contribution >= 0.6 is 0 Å². The standard InChI is InChI=1S/C15H23N3O/c1-12-11-17(2)8-3-9-18(12)15(19)14-6-4-13(10-16)5-7-14/h4-7,12H,3,8-11,16H2,1-2H3. The van der Waals surface area contributed by atoms with Gasteiger partial charge >= 0.3 is 0 Å². The van der Waals surface area contributed by atoms with Crippen LogP contribution in [0.2, 0.25) is 0 Å². The molecule has 1 aromatic rings. The lowest BCUT2D eigenvalue weighted by Gasteiger charge is -2.28. The Bertz CT molecular complexity index is 430. The highest BCUT2D eigenvalue weighted by Crippen LogP contribution is 2.14. The van der Waals surface area contributed by atoms with E-state index in [0.717, 1.165) is 37.2 Å². The lowest BCUT2D eigenvalue weighted by Crippen LogP contribution is -2.41. The largest absolute Gasteiger partial charge is 0.335 e. The number of carbonyl (C=O) groups excluding carboxylic acids is 1. The van der Waals surface area contributed by atoms with Crippen LogP contribution in [0.5, 0.6) is 0 Å². The highest BCUT2D eigenvalue weighted by molar-refractivity contribution is 5.94. The number of likely N-dealkylation sites (N-methyl/N-ethyl adjacent to an activating group) is 1. The molecule has 0 spiro atoms. The minimum Gasteiger partial charge on any atom is -0.335 e. The second-order valence-corrected chi connectivity index (χ2v) is 5.36. The van der Waals surface area contributed by atoms with E-state index in [0.29, 0.717) is 6.54 Å². The summed E-state index contributed by atoms with van der Waals surface area (Å²) in [5.74, 6) is 0.131. The summed E-state index contributed by atoms with van der Waals surface area (Å²) in [5.41, 5.74) is 7.39. The molecule has 0 bridgehead atoms. The maximum absolute atomic E-state index is 12.5. The molecule has 1 aromatic carbocycles. The molecule has 4 heteroatoms. The van der Waals surface area contributed by atoms with E-state index in [1.54, 1.807) is 0 Å². The van der Waals surface area contributed by atoms with E-state index in [4.69, 9.17) is 5.73 Å². The molecule has 0 saturated carbocycles. The Morgan fingerprint density at radius 3 is 2.63 bits per heavy atom. The summed E-state index contributed by atoms with van der Waals surface area (Å²) in [6.07, 6.45) is 1.04. The maximum atomic E-state index is 12.5. The Kier molecular flexibility index (Phi) is 4.56. The van der Waals surface area contributed by atoms with Gasteiger partial charge in [0, 0.05) is 31.2 Å². The summed E-state index contributed by atoms with van der Waals surface area (Å²) >= 11 is 0. The summed E-state index contributed by atoms with van der Waals surface area (Å²) < 4.78 is 0. The molecule has 1 aliphatic rings. The molecule has 1 atom stereocenters. The van der Waals surface area contributed by atoms with Gasteiger partial charge in [0.1, 0.15) is 0 Å². The zero-order valence-corrected chi connectivity index (χ0v) is 11.8. The summed E-state index contributed by atoms with van der Waals surface area (Å²) in [4.78, 5) is 16.8. The third kappa shape index (κ3) is 3.33. The van der Waals surface area contributed by atoms with E-state index in [1.807, 2.05) is 29.2 Å². The topological polar surface area (TPSA) is 49.6 Å². The molecule has 1 amide bonds. The minimum atomic E-state index is 0.131. The van der Waals surface area contributed by atoms with E-state index in [9.17, 15) is 4.79 Å². The second-order valence-electron chi connectivity index (χ2n) is 5.36. The van der Waals surface area contributed by atoms with Gasteiger partial charge in [0.2, 0.25) is 0 Å². The molecule has 0 aliphatic carbocycles. The van der Waals surface area contributed by atoms with Gasteiger partial charge in [0.15, 0.2) is 0 Å². The lowest BCUT2D eigenvalue weighted by atomic mass is 10.1. The summed E-state index contributed by atoms with van der Waals surface area (Å²) in [6, 6.07) is 7.88. The average Bonchev–Trinajstić information content (AvgIpc) is 2.58. The molecular formula is C15H23N3O. The van der Waals surface area contributed by atoms with Crippen LogP contribution in [0.3, 0.4) is 0 Å². The first-order valence-corrected chi connectivity index (χ1v) is 6.90. The van der Waals surface area contributed by atoms with Crippen molar-refractivity contribution >= 4 is 5.91 Å². The Morgan fingerprint density at radius 1 is 1.32 bits per heavy atom. The molecular weight excluding hydrogens is 238 g/mol. The van der Waals surface area contributed by atoms with Crippen molar-refractivity contribution in [3.63, 3.8) is 0 Å². The van der Waals surface area contributed by atoms with Crippen LogP contribution in [-0.2, 0) is 6.54 Å². The summed E-state index contributed by atoms with van der Waals surface area (Å²) in [7, 11) is 2.11. The first kappa shape index (κ1) is 14.0. The van der Waals surface area contributed by atoms with Crippen LogP contribution in [0.25, 0.3) is 0 Å². The van der Waals surface area contributed by atoms with Crippen molar-refractivity contribution in [1.29, 1.82) is 0 Å². The van der Waals surface area contributed by atoms with E-state index in [-0.39, 0.29) is 11.9 Å².